The van der Waals surface area contributed by atoms with Crippen molar-refractivity contribution in [2.24, 2.45) is 0 Å². The molecule has 1 amide bonds. The molecule has 128 valence electrons. The van der Waals surface area contributed by atoms with Crippen LogP contribution in [0.25, 0.3) is 5.69 Å². The molecule has 6 nitrogen and oxygen atoms in total. The van der Waals surface area contributed by atoms with Gasteiger partial charge < -0.3 is 15.3 Å². The lowest BCUT2D eigenvalue weighted by atomic mass is 10.0. The Labute approximate surface area is 142 Å². The van der Waals surface area contributed by atoms with Crippen LogP contribution in [0.3, 0.4) is 0 Å². The molecule has 0 saturated carbocycles. The summed E-state index contributed by atoms with van der Waals surface area (Å²) in [5.74, 6) is 0.147. The summed E-state index contributed by atoms with van der Waals surface area (Å²) in [6.45, 7) is 8.40. The molecule has 0 aliphatic carbocycles. The van der Waals surface area contributed by atoms with Crippen LogP contribution in [-0.4, -0.2) is 51.4 Å². The average molecular weight is 328 g/mol. The number of benzene rings is 1. The zero-order valence-corrected chi connectivity index (χ0v) is 14.4. The smallest absolute Gasteiger partial charge is 0.278 e. The zero-order chi connectivity index (χ0) is 17.3. The number of carbonyl (C=O) groups is 1. The highest BCUT2D eigenvalue weighted by Crippen LogP contribution is 2.22. The van der Waals surface area contributed by atoms with E-state index in [1.807, 2.05) is 31.2 Å². The van der Waals surface area contributed by atoms with Gasteiger partial charge in [0.05, 0.1) is 11.9 Å². The first-order valence-corrected chi connectivity index (χ1v) is 8.38. The predicted molar refractivity (Wildman–Crippen MR) is 92.7 cm³/mol. The summed E-state index contributed by atoms with van der Waals surface area (Å²) in [6, 6.07) is 8.06. The molecule has 0 unspecified atom stereocenters. The summed E-state index contributed by atoms with van der Waals surface area (Å²) in [6.07, 6.45) is 1.49. The second-order valence-corrected chi connectivity index (χ2v) is 6.61. The first kappa shape index (κ1) is 16.5. The van der Waals surface area contributed by atoms with Gasteiger partial charge in [-0.3, -0.25) is 4.79 Å². The minimum Gasteiger partial charge on any atom is -0.504 e. The first-order valence-electron chi connectivity index (χ1n) is 8.38. The van der Waals surface area contributed by atoms with Crippen LogP contribution in [0.1, 0.15) is 42.7 Å². The first-order chi connectivity index (χ1) is 11.5. The maximum atomic E-state index is 12.7. The topological polar surface area (TPSA) is 70.4 Å². The molecule has 1 saturated heterocycles. The van der Waals surface area contributed by atoms with Crippen molar-refractivity contribution in [3.63, 3.8) is 0 Å². The molecule has 0 radical (unpaired) electrons. The van der Waals surface area contributed by atoms with Gasteiger partial charge in [-0.15, -0.1) is 0 Å². The lowest BCUT2D eigenvalue weighted by Crippen LogP contribution is -2.52. The molecule has 0 bridgehead atoms. The largest absolute Gasteiger partial charge is 0.504 e. The third kappa shape index (κ3) is 3.14. The van der Waals surface area contributed by atoms with Crippen LogP contribution >= 0.6 is 0 Å². The van der Waals surface area contributed by atoms with E-state index in [2.05, 4.69) is 24.3 Å². The molecule has 2 N–H and O–H groups in total. The number of aromatic hydroxyl groups is 1. The van der Waals surface area contributed by atoms with Gasteiger partial charge >= 0.3 is 0 Å². The third-order valence-electron chi connectivity index (χ3n) is 4.48. The van der Waals surface area contributed by atoms with Crippen LogP contribution < -0.4 is 5.32 Å². The highest BCUT2D eigenvalue weighted by molar-refractivity contribution is 5.95. The molecule has 2 aromatic rings. The van der Waals surface area contributed by atoms with Crippen molar-refractivity contribution >= 4 is 5.91 Å². The number of nitrogens with one attached hydrogen (secondary N) is 1. The number of hydrogen-bond acceptors (Lipinski definition) is 4. The van der Waals surface area contributed by atoms with E-state index in [1.54, 1.807) is 9.58 Å². The van der Waals surface area contributed by atoms with Gasteiger partial charge in [0.1, 0.15) is 0 Å². The molecule has 1 fully saturated rings. The summed E-state index contributed by atoms with van der Waals surface area (Å²) in [5, 5.41) is 17.7. The van der Waals surface area contributed by atoms with Crippen LogP contribution in [0.2, 0.25) is 0 Å². The number of nitrogens with zero attached hydrogens (tertiary/aromatic N) is 3. The van der Waals surface area contributed by atoms with Gasteiger partial charge in [0.25, 0.3) is 5.91 Å². The minimum absolute atomic E-state index is 0.0844. The van der Waals surface area contributed by atoms with Crippen molar-refractivity contribution in [3.05, 3.63) is 41.7 Å². The Morgan fingerprint density at radius 2 is 2.04 bits per heavy atom. The summed E-state index contributed by atoms with van der Waals surface area (Å²) < 4.78 is 1.56. The molecule has 2 heterocycles. The second kappa shape index (κ2) is 6.65. The van der Waals surface area contributed by atoms with Gasteiger partial charge in [0, 0.05) is 25.7 Å². The minimum atomic E-state index is -0.223. The van der Waals surface area contributed by atoms with Crippen LogP contribution in [0.5, 0.6) is 5.75 Å². The highest BCUT2D eigenvalue weighted by Gasteiger charge is 2.28. The Bertz CT molecular complexity index is 721. The summed E-state index contributed by atoms with van der Waals surface area (Å²) in [5.41, 5.74) is 2.17. The van der Waals surface area contributed by atoms with Crippen molar-refractivity contribution in [3.8, 4) is 11.4 Å². The number of rotatable bonds is 3. The predicted octanol–water partition coefficient (Wildman–Crippen LogP) is 2.14. The standard InChI is InChI=1S/C18H24N4O2/c1-12(2)14-4-6-15(7-5-14)22-11-16(23)17(20-22)18(24)21-9-8-19-10-13(21)3/h4-7,11-13,19,23H,8-10H2,1-3H3/t13-/m1/s1. The maximum absolute atomic E-state index is 12.7. The second-order valence-electron chi connectivity index (χ2n) is 6.61. The molecular formula is C18H24N4O2. The van der Waals surface area contributed by atoms with Crippen molar-refractivity contribution in [2.75, 3.05) is 19.6 Å². The van der Waals surface area contributed by atoms with Gasteiger partial charge in [-0.25, -0.2) is 4.68 Å². The SMILES string of the molecule is CC(C)c1ccc(-n2cc(O)c(C(=O)N3CCNC[C@H]3C)n2)cc1. The Balaban J connectivity index is 1.85. The molecule has 1 aliphatic rings. The van der Waals surface area contributed by atoms with Gasteiger partial charge in [-0.1, -0.05) is 26.0 Å². The quantitative estimate of drug-likeness (QED) is 0.905. The molecule has 1 aromatic carbocycles. The fraction of sp³-hybridized carbons (Fsp3) is 0.444. The molecule has 6 heteroatoms. The average Bonchev–Trinajstić information content (AvgIpc) is 2.96. The van der Waals surface area contributed by atoms with Crippen molar-refractivity contribution in [2.45, 2.75) is 32.7 Å². The van der Waals surface area contributed by atoms with Gasteiger partial charge in [-0.05, 0) is 30.5 Å². The summed E-state index contributed by atoms with van der Waals surface area (Å²) in [7, 11) is 0. The van der Waals surface area contributed by atoms with E-state index < -0.39 is 0 Å². The van der Waals surface area contributed by atoms with Crippen LogP contribution in [0, 0.1) is 0 Å². The fourth-order valence-corrected chi connectivity index (χ4v) is 2.94. The molecule has 3 rings (SSSR count). The molecular weight excluding hydrogens is 304 g/mol. The van der Waals surface area contributed by atoms with E-state index in [0.717, 1.165) is 18.8 Å². The molecule has 0 spiro atoms. The highest BCUT2D eigenvalue weighted by atomic mass is 16.3. The molecule has 1 aliphatic heterocycles. The van der Waals surface area contributed by atoms with Crippen LogP contribution in [-0.2, 0) is 0 Å². The Kier molecular flexibility index (Phi) is 4.57. The number of amides is 1. The van der Waals surface area contributed by atoms with E-state index in [-0.39, 0.29) is 23.4 Å². The summed E-state index contributed by atoms with van der Waals surface area (Å²) in [4.78, 5) is 14.4. The number of carbonyl (C=O) groups excluding carboxylic acids is 1. The molecule has 1 aromatic heterocycles. The van der Waals surface area contributed by atoms with Gasteiger partial charge in [0.2, 0.25) is 0 Å². The van der Waals surface area contributed by atoms with E-state index >= 15 is 0 Å². The zero-order valence-electron chi connectivity index (χ0n) is 14.4. The molecule has 1 atom stereocenters. The maximum Gasteiger partial charge on any atom is 0.278 e. The Morgan fingerprint density at radius 1 is 1.33 bits per heavy atom. The van der Waals surface area contributed by atoms with E-state index in [4.69, 9.17) is 0 Å². The van der Waals surface area contributed by atoms with E-state index in [1.165, 1.54) is 11.8 Å². The third-order valence-corrected chi connectivity index (χ3v) is 4.48. The molecule has 24 heavy (non-hydrogen) atoms. The number of piperazine rings is 1. The number of aromatic nitrogens is 2. The Hall–Kier alpha value is -2.34. The number of hydrogen-bond donors (Lipinski definition) is 2. The van der Waals surface area contributed by atoms with E-state index in [9.17, 15) is 9.90 Å². The lowest BCUT2D eigenvalue weighted by molar-refractivity contribution is 0.0646. The Morgan fingerprint density at radius 3 is 2.67 bits per heavy atom. The fourth-order valence-electron chi connectivity index (χ4n) is 2.94. The van der Waals surface area contributed by atoms with Gasteiger partial charge in [0.15, 0.2) is 11.4 Å². The van der Waals surface area contributed by atoms with Crippen LogP contribution in [0.15, 0.2) is 30.5 Å². The van der Waals surface area contributed by atoms with Crippen molar-refractivity contribution < 1.29 is 9.90 Å². The van der Waals surface area contributed by atoms with Crippen LogP contribution in [0.4, 0.5) is 0 Å². The van der Waals surface area contributed by atoms with Crippen molar-refractivity contribution in [1.82, 2.24) is 20.0 Å². The van der Waals surface area contributed by atoms with E-state index in [0.29, 0.717) is 12.5 Å². The van der Waals surface area contributed by atoms with Gasteiger partial charge in [-0.2, -0.15) is 5.10 Å². The normalized spacial score (nSPS) is 18.2. The monoisotopic (exact) mass is 328 g/mol. The van der Waals surface area contributed by atoms with Crippen molar-refractivity contribution in [1.29, 1.82) is 0 Å². The summed E-state index contributed by atoms with van der Waals surface area (Å²) >= 11 is 0. The lowest BCUT2D eigenvalue weighted by Gasteiger charge is -2.33.